The summed E-state index contributed by atoms with van der Waals surface area (Å²) in [6, 6.07) is 6.71. The second-order valence-electron chi connectivity index (χ2n) is 4.26. The van der Waals surface area contributed by atoms with Gasteiger partial charge in [-0.15, -0.1) is 0 Å². The Labute approximate surface area is 126 Å². The standard InChI is InChI=1S/C12H17Br2NO2S/c1-10(9-13)4-3-7-15-18(16,17)12-6-2-5-11(14)8-12/h2,5-6,8,10,15H,3-4,7,9H2,1H3. The van der Waals surface area contributed by atoms with Crippen LogP contribution in [0.25, 0.3) is 0 Å². The maximum absolute atomic E-state index is 12.0. The van der Waals surface area contributed by atoms with Gasteiger partial charge in [0.2, 0.25) is 10.0 Å². The van der Waals surface area contributed by atoms with E-state index < -0.39 is 10.0 Å². The van der Waals surface area contributed by atoms with Gasteiger partial charge >= 0.3 is 0 Å². The third-order valence-corrected chi connectivity index (χ3v) is 5.59. The molecule has 3 nitrogen and oxygen atoms in total. The van der Waals surface area contributed by atoms with Gasteiger partial charge in [-0.2, -0.15) is 0 Å². The van der Waals surface area contributed by atoms with E-state index >= 15 is 0 Å². The van der Waals surface area contributed by atoms with E-state index in [9.17, 15) is 8.42 Å². The highest BCUT2D eigenvalue weighted by Crippen LogP contribution is 2.16. The molecule has 0 bridgehead atoms. The molecule has 0 fully saturated rings. The van der Waals surface area contributed by atoms with E-state index in [1.807, 2.05) is 0 Å². The summed E-state index contributed by atoms with van der Waals surface area (Å²) < 4.78 is 27.3. The number of rotatable bonds is 7. The first-order valence-electron chi connectivity index (χ1n) is 5.77. The number of nitrogens with one attached hydrogen (secondary N) is 1. The Morgan fingerprint density at radius 1 is 1.39 bits per heavy atom. The van der Waals surface area contributed by atoms with Crippen molar-refractivity contribution in [1.29, 1.82) is 0 Å². The van der Waals surface area contributed by atoms with E-state index in [0.717, 1.165) is 22.6 Å². The molecule has 1 aromatic rings. The molecular weight excluding hydrogens is 382 g/mol. The SMILES string of the molecule is CC(CBr)CCCNS(=O)(=O)c1cccc(Br)c1. The van der Waals surface area contributed by atoms with E-state index in [2.05, 4.69) is 43.5 Å². The lowest BCUT2D eigenvalue weighted by Crippen LogP contribution is -2.25. The molecule has 1 N–H and O–H groups in total. The first-order chi connectivity index (χ1) is 8.45. The van der Waals surface area contributed by atoms with Crippen molar-refractivity contribution in [2.24, 2.45) is 5.92 Å². The van der Waals surface area contributed by atoms with Gasteiger partial charge in [-0.25, -0.2) is 13.1 Å². The molecule has 0 aliphatic heterocycles. The van der Waals surface area contributed by atoms with Crippen LogP contribution in [0.3, 0.4) is 0 Å². The zero-order chi connectivity index (χ0) is 13.6. The fourth-order valence-electron chi connectivity index (χ4n) is 1.45. The molecule has 0 saturated heterocycles. The van der Waals surface area contributed by atoms with Crippen molar-refractivity contribution in [2.75, 3.05) is 11.9 Å². The van der Waals surface area contributed by atoms with Gasteiger partial charge in [-0.05, 0) is 37.0 Å². The molecule has 0 heterocycles. The van der Waals surface area contributed by atoms with Gasteiger partial charge < -0.3 is 0 Å². The summed E-state index contributed by atoms with van der Waals surface area (Å²) >= 11 is 6.67. The van der Waals surface area contributed by atoms with Crippen molar-refractivity contribution in [3.63, 3.8) is 0 Å². The van der Waals surface area contributed by atoms with Gasteiger partial charge in [0.05, 0.1) is 4.90 Å². The summed E-state index contributed by atoms with van der Waals surface area (Å²) in [7, 11) is -3.38. The molecule has 18 heavy (non-hydrogen) atoms. The zero-order valence-electron chi connectivity index (χ0n) is 10.2. The fourth-order valence-corrected chi connectivity index (χ4v) is 3.45. The van der Waals surface area contributed by atoms with Crippen LogP contribution in [0.5, 0.6) is 0 Å². The van der Waals surface area contributed by atoms with Crippen LogP contribution in [0.15, 0.2) is 33.6 Å². The first kappa shape index (κ1) is 16.1. The number of benzene rings is 1. The number of hydrogen-bond donors (Lipinski definition) is 1. The van der Waals surface area contributed by atoms with Crippen LogP contribution in [0, 0.1) is 5.92 Å². The van der Waals surface area contributed by atoms with Crippen molar-refractivity contribution in [3.05, 3.63) is 28.7 Å². The highest BCUT2D eigenvalue weighted by atomic mass is 79.9. The second-order valence-corrected chi connectivity index (χ2v) is 7.59. The first-order valence-corrected chi connectivity index (χ1v) is 9.16. The Bertz CT molecular complexity index is 477. The third-order valence-electron chi connectivity index (χ3n) is 2.54. The van der Waals surface area contributed by atoms with Crippen molar-refractivity contribution in [3.8, 4) is 0 Å². The lowest BCUT2D eigenvalue weighted by atomic mass is 10.1. The lowest BCUT2D eigenvalue weighted by molar-refractivity contribution is 0.546. The maximum Gasteiger partial charge on any atom is 0.240 e. The highest BCUT2D eigenvalue weighted by Gasteiger charge is 2.13. The topological polar surface area (TPSA) is 46.2 Å². The summed E-state index contributed by atoms with van der Waals surface area (Å²) in [6.07, 6.45) is 1.85. The van der Waals surface area contributed by atoms with Crippen LogP contribution in [0.4, 0.5) is 0 Å². The second kappa shape index (κ2) is 7.62. The van der Waals surface area contributed by atoms with Crippen LogP contribution in [0.2, 0.25) is 0 Å². The molecule has 0 spiro atoms. The average Bonchev–Trinajstić information content (AvgIpc) is 2.34. The molecule has 0 amide bonds. The molecule has 1 unspecified atom stereocenters. The third kappa shape index (κ3) is 5.38. The summed E-state index contributed by atoms with van der Waals surface area (Å²) in [5.41, 5.74) is 0. The number of sulfonamides is 1. The molecule has 0 aromatic heterocycles. The molecule has 0 aliphatic carbocycles. The van der Waals surface area contributed by atoms with Crippen molar-refractivity contribution in [1.82, 2.24) is 4.72 Å². The molecule has 6 heteroatoms. The molecule has 0 radical (unpaired) electrons. The van der Waals surface area contributed by atoms with Gasteiger partial charge in [0.25, 0.3) is 0 Å². The molecule has 1 rings (SSSR count). The predicted molar refractivity (Wildman–Crippen MR) is 81.5 cm³/mol. The smallest absolute Gasteiger partial charge is 0.211 e. The van der Waals surface area contributed by atoms with Gasteiger partial charge in [-0.1, -0.05) is 44.8 Å². The van der Waals surface area contributed by atoms with Crippen LogP contribution >= 0.6 is 31.9 Å². The minimum atomic E-state index is -3.38. The Kier molecular flexibility index (Phi) is 6.84. The van der Waals surface area contributed by atoms with E-state index in [1.165, 1.54) is 0 Å². The average molecular weight is 399 g/mol. The van der Waals surface area contributed by atoms with Crippen LogP contribution in [-0.4, -0.2) is 20.3 Å². The zero-order valence-corrected chi connectivity index (χ0v) is 14.2. The van der Waals surface area contributed by atoms with Gasteiger partial charge in [0.1, 0.15) is 0 Å². The van der Waals surface area contributed by atoms with Crippen molar-refractivity contribution < 1.29 is 8.42 Å². The van der Waals surface area contributed by atoms with Gasteiger partial charge in [0, 0.05) is 16.3 Å². The van der Waals surface area contributed by atoms with E-state index in [-0.39, 0.29) is 0 Å². The van der Waals surface area contributed by atoms with E-state index in [0.29, 0.717) is 17.4 Å². The van der Waals surface area contributed by atoms with Crippen LogP contribution in [0.1, 0.15) is 19.8 Å². The molecule has 102 valence electrons. The molecule has 0 aliphatic rings. The van der Waals surface area contributed by atoms with E-state index in [4.69, 9.17) is 0 Å². The summed E-state index contributed by atoms with van der Waals surface area (Å²) in [6.45, 7) is 2.61. The highest BCUT2D eigenvalue weighted by molar-refractivity contribution is 9.10. The Hall–Kier alpha value is 0.0900. The summed E-state index contributed by atoms with van der Waals surface area (Å²) in [4.78, 5) is 0.297. The predicted octanol–water partition coefficient (Wildman–Crippen LogP) is 3.54. The monoisotopic (exact) mass is 397 g/mol. The normalized spacial score (nSPS) is 13.5. The minimum absolute atomic E-state index is 0.297. The molecule has 1 aromatic carbocycles. The maximum atomic E-state index is 12.0. The molecular formula is C12H17Br2NO2S. The number of alkyl halides is 1. The Morgan fingerprint density at radius 2 is 2.11 bits per heavy atom. The summed E-state index contributed by atoms with van der Waals surface area (Å²) in [5.74, 6) is 0.570. The molecule has 1 atom stereocenters. The number of halogens is 2. The molecule has 0 saturated carbocycles. The van der Waals surface area contributed by atoms with Crippen LogP contribution < -0.4 is 4.72 Å². The van der Waals surface area contributed by atoms with Gasteiger partial charge in [-0.3, -0.25) is 0 Å². The summed E-state index contributed by atoms with van der Waals surface area (Å²) in [5, 5.41) is 0.950. The quantitative estimate of drug-likeness (QED) is 0.563. The fraction of sp³-hybridized carbons (Fsp3) is 0.500. The van der Waals surface area contributed by atoms with Crippen molar-refractivity contribution in [2.45, 2.75) is 24.7 Å². The van der Waals surface area contributed by atoms with Crippen LogP contribution in [-0.2, 0) is 10.0 Å². The minimum Gasteiger partial charge on any atom is -0.211 e. The van der Waals surface area contributed by atoms with E-state index in [1.54, 1.807) is 24.3 Å². The van der Waals surface area contributed by atoms with Crippen molar-refractivity contribution >= 4 is 41.9 Å². The largest absolute Gasteiger partial charge is 0.240 e. The van der Waals surface area contributed by atoms with Gasteiger partial charge in [0.15, 0.2) is 0 Å². The Morgan fingerprint density at radius 3 is 2.72 bits per heavy atom. The number of hydrogen-bond acceptors (Lipinski definition) is 2. The Balaban J connectivity index is 2.51. The lowest BCUT2D eigenvalue weighted by Gasteiger charge is -2.09.